The fourth-order valence-electron chi connectivity index (χ4n) is 3.30. The van der Waals surface area contributed by atoms with E-state index in [0.29, 0.717) is 39.0 Å². The van der Waals surface area contributed by atoms with Gasteiger partial charge >= 0.3 is 0 Å². The third-order valence-corrected chi connectivity index (χ3v) is 8.94. The molecular formula is C19H15BrClN2O7S4-. The number of ether oxygens (including phenoxy) is 1. The van der Waals surface area contributed by atoms with E-state index >= 15 is 0 Å². The lowest BCUT2D eigenvalue weighted by Crippen LogP contribution is -2.38. The smallest absolute Gasteiger partial charge is 0.264 e. The first kappa shape index (κ1) is 25.6. The van der Waals surface area contributed by atoms with Crippen molar-refractivity contribution in [2.24, 2.45) is 0 Å². The summed E-state index contributed by atoms with van der Waals surface area (Å²) in [5.41, 5.74) is 1.59. The molecule has 182 valence electrons. The van der Waals surface area contributed by atoms with Gasteiger partial charge in [-0.2, -0.15) is 4.57 Å². The minimum absolute atomic E-state index is 0.105. The fourth-order valence-corrected chi connectivity index (χ4v) is 8.01. The Bertz CT molecular complexity index is 1560. The van der Waals surface area contributed by atoms with Crippen LogP contribution in [0.15, 0.2) is 45.6 Å². The molecule has 0 atom stereocenters. The summed E-state index contributed by atoms with van der Waals surface area (Å²) in [7, 11) is -9.22. The Hall–Kier alpha value is -1.52. The van der Waals surface area contributed by atoms with E-state index in [0.717, 1.165) is 7.80 Å². The van der Waals surface area contributed by atoms with E-state index in [-0.39, 0.29) is 5.88 Å². The van der Waals surface area contributed by atoms with Crippen molar-refractivity contribution in [1.82, 2.24) is 0 Å². The van der Waals surface area contributed by atoms with Crippen LogP contribution in [-0.4, -0.2) is 31.8 Å². The number of allylic oxidation sites excluding steroid dienone is 2. The van der Waals surface area contributed by atoms with E-state index in [1.165, 1.54) is 38.2 Å². The second-order valence-electron chi connectivity index (χ2n) is 7.16. The summed E-state index contributed by atoms with van der Waals surface area (Å²) >= 11 is 12.1. The van der Waals surface area contributed by atoms with Crippen LogP contribution in [0.4, 0.5) is 5.69 Å². The summed E-state index contributed by atoms with van der Waals surface area (Å²) in [6.45, 7) is 1.84. The van der Waals surface area contributed by atoms with E-state index in [1.54, 1.807) is 30.4 Å². The fraction of sp³-hybridized carbons (Fsp3) is 0.211. The van der Waals surface area contributed by atoms with Gasteiger partial charge in [0.15, 0.2) is 19.9 Å². The van der Waals surface area contributed by atoms with Gasteiger partial charge in [-0.15, -0.1) is 11.3 Å². The Morgan fingerprint density at radius 1 is 1.21 bits per heavy atom. The molecule has 0 aliphatic carbocycles. The van der Waals surface area contributed by atoms with Crippen molar-refractivity contribution >= 4 is 91.7 Å². The highest BCUT2D eigenvalue weighted by Gasteiger charge is 2.29. The molecule has 0 unspecified atom stereocenters. The number of benzene rings is 1. The van der Waals surface area contributed by atoms with Gasteiger partial charge in [-0.25, -0.2) is 16.8 Å². The Morgan fingerprint density at radius 3 is 2.59 bits per heavy atom. The van der Waals surface area contributed by atoms with E-state index in [1.807, 2.05) is 6.92 Å². The van der Waals surface area contributed by atoms with Crippen molar-refractivity contribution < 1.29 is 35.2 Å². The summed E-state index contributed by atoms with van der Waals surface area (Å²) in [6.07, 6.45) is 3.73. The largest absolute Gasteiger partial charge is 0.747 e. The van der Waals surface area contributed by atoms with Crippen molar-refractivity contribution in [3.63, 3.8) is 0 Å². The highest BCUT2D eigenvalue weighted by atomic mass is 79.9. The number of anilines is 1. The SMILES string of the molecule is CCC(=C/c1sc2sc(Br)cc2[n+]1CS(=O)(=O)[O-])/C=C1/Oc2ccc(Cl)cc2N1CS(=O)(=O)[O-]. The van der Waals surface area contributed by atoms with Crippen LogP contribution in [0.2, 0.25) is 5.02 Å². The van der Waals surface area contributed by atoms with Gasteiger partial charge in [-0.05, 0) is 46.1 Å². The number of aromatic nitrogens is 1. The quantitative estimate of drug-likeness (QED) is 0.282. The van der Waals surface area contributed by atoms with Crippen molar-refractivity contribution in [3.05, 3.63) is 55.6 Å². The molecule has 1 aliphatic rings. The minimum atomic E-state index is -4.65. The van der Waals surface area contributed by atoms with Crippen molar-refractivity contribution in [1.29, 1.82) is 0 Å². The van der Waals surface area contributed by atoms with Crippen LogP contribution < -0.4 is 14.2 Å². The molecular weight excluding hydrogens is 612 g/mol. The average Bonchev–Trinajstić information content (AvgIpc) is 3.32. The first-order chi connectivity index (χ1) is 15.8. The molecule has 0 N–H and O–H groups in total. The summed E-state index contributed by atoms with van der Waals surface area (Å²) in [4.78, 5) is 1.22. The molecule has 0 bridgehead atoms. The van der Waals surface area contributed by atoms with Crippen LogP contribution >= 0.6 is 50.2 Å². The molecule has 0 saturated heterocycles. The number of nitrogens with zero attached hydrogens (tertiary/aromatic N) is 2. The maximum absolute atomic E-state index is 11.5. The normalized spacial score (nSPS) is 15.9. The Labute approximate surface area is 217 Å². The zero-order valence-electron chi connectivity index (χ0n) is 17.2. The molecule has 2 aromatic heterocycles. The standard InChI is InChI=1S/C19H16BrClN2O7S4/c1-2-11(6-18-23(10-34(27,28)29)14-8-16(20)31-19(14)32-18)5-17-22(9-33(24,25)26)13-7-12(21)3-4-15(13)30-17/h3-8H,2,9-10H2,1H3,(H-,24,25,26,27,28,29)/p-1. The van der Waals surface area contributed by atoms with Crippen LogP contribution in [0.5, 0.6) is 5.75 Å². The topological polar surface area (TPSA) is 131 Å². The van der Waals surface area contributed by atoms with Gasteiger partial charge in [0, 0.05) is 23.2 Å². The lowest BCUT2D eigenvalue weighted by molar-refractivity contribution is -0.649. The molecule has 1 aliphatic heterocycles. The Balaban J connectivity index is 1.80. The maximum atomic E-state index is 11.5. The summed E-state index contributed by atoms with van der Waals surface area (Å²) in [6, 6.07) is 6.38. The van der Waals surface area contributed by atoms with E-state index in [2.05, 4.69) is 15.9 Å². The Kier molecular flexibility index (Phi) is 7.15. The third-order valence-electron chi connectivity index (χ3n) is 4.70. The predicted octanol–water partition coefficient (Wildman–Crippen LogP) is 4.21. The van der Waals surface area contributed by atoms with E-state index in [9.17, 15) is 25.9 Å². The number of fused-ring (bicyclic) bond motifs is 2. The average molecular weight is 627 g/mol. The van der Waals surface area contributed by atoms with Gasteiger partial charge in [-0.3, -0.25) is 4.90 Å². The summed E-state index contributed by atoms with van der Waals surface area (Å²) in [5, 5.41) is 0.858. The molecule has 0 saturated carbocycles. The first-order valence-electron chi connectivity index (χ1n) is 9.49. The molecule has 9 nitrogen and oxygen atoms in total. The number of hydrogen-bond acceptors (Lipinski definition) is 10. The number of thiophene rings is 1. The second-order valence-corrected chi connectivity index (χ2v) is 14.1. The van der Waals surface area contributed by atoms with Crippen LogP contribution in [0, 0.1) is 0 Å². The molecule has 3 aromatic rings. The van der Waals surface area contributed by atoms with E-state index < -0.39 is 32.0 Å². The molecule has 34 heavy (non-hydrogen) atoms. The zero-order valence-corrected chi connectivity index (χ0v) is 22.8. The van der Waals surface area contributed by atoms with Gasteiger partial charge in [-0.1, -0.05) is 29.9 Å². The molecule has 1 aromatic carbocycles. The van der Waals surface area contributed by atoms with Gasteiger partial charge in [0.1, 0.15) is 16.0 Å². The molecule has 3 heterocycles. The monoisotopic (exact) mass is 625 g/mol. The van der Waals surface area contributed by atoms with Crippen LogP contribution in [0.25, 0.3) is 15.6 Å². The Morgan fingerprint density at radius 2 is 1.94 bits per heavy atom. The van der Waals surface area contributed by atoms with Crippen molar-refractivity contribution in [2.45, 2.75) is 19.2 Å². The molecule has 0 amide bonds. The van der Waals surface area contributed by atoms with Crippen LogP contribution in [-0.2, 0) is 26.1 Å². The first-order valence-corrected chi connectivity index (χ1v) is 15.4. The lowest BCUT2D eigenvalue weighted by Gasteiger charge is -2.20. The third kappa shape index (κ3) is 5.82. The van der Waals surface area contributed by atoms with Crippen molar-refractivity contribution in [2.75, 3.05) is 10.8 Å². The molecule has 15 heteroatoms. The molecule has 4 rings (SSSR count). The number of hydrogen-bond donors (Lipinski definition) is 0. The number of halogens is 2. The van der Waals surface area contributed by atoms with Crippen LogP contribution in [0.3, 0.4) is 0 Å². The molecule has 0 fully saturated rings. The maximum Gasteiger partial charge on any atom is 0.264 e. The van der Waals surface area contributed by atoms with Gasteiger partial charge < -0.3 is 13.8 Å². The lowest BCUT2D eigenvalue weighted by atomic mass is 10.2. The minimum Gasteiger partial charge on any atom is -0.747 e. The zero-order chi connectivity index (χ0) is 24.8. The second kappa shape index (κ2) is 9.50. The van der Waals surface area contributed by atoms with Gasteiger partial charge in [0.25, 0.3) is 5.01 Å². The van der Waals surface area contributed by atoms with Crippen LogP contribution in [0.1, 0.15) is 18.4 Å². The predicted molar refractivity (Wildman–Crippen MR) is 133 cm³/mol. The summed E-state index contributed by atoms with van der Waals surface area (Å²) in [5.74, 6) is -1.16. The van der Waals surface area contributed by atoms with Gasteiger partial charge in [0.2, 0.25) is 17.3 Å². The van der Waals surface area contributed by atoms with Crippen molar-refractivity contribution in [3.8, 4) is 5.75 Å². The highest BCUT2D eigenvalue weighted by molar-refractivity contribution is 9.11. The molecule has 0 radical (unpaired) electrons. The van der Waals surface area contributed by atoms with Gasteiger partial charge in [0.05, 0.1) is 9.47 Å². The summed E-state index contributed by atoms with van der Waals surface area (Å²) < 4.78 is 78.0. The highest BCUT2D eigenvalue weighted by Crippen LogP contribution is 2.41. The number of thiazole rings is 1. The molecule has 0 spiro atoms. The number of rotatable bonds is 7. The van der Waals surface area contributed by atoms with E-state index in [4.69, 9.17) is 16.3 Å².